The Hall–Kier alpha value is -3.09. The molecule has 0 amide bonds. The van der Waals surface area contributed by atoms with Gasteiger partial charge in [-0.3, -0.25) is 10.1 Å². The average molecular weight is 285 g/mol. The lowest BCUT2D eigenvalue weighted by molar-refractivity contribution is -0.402. The summed E-state index contributed by atoms with van der Waals surface area (Å²) in [5.74, 6) is -0.0502. The van der Waals surface area contributed by atoms with Gasteiger partial charge < -0.3 is 4.42 Å². The Bertz CT molecular complexity index is 858. The summed E-state index contributed by atoms with van der Waals surface area (Å²) in [5.41, 5.74) is 0.482. The van der Waals surface area contributed by atoms with E-state index in [1.165, 1.54) is 36.4 Å². The van der Waals surface area contributed by atoms with Crippen LogP contribution < -0.4 is 0 Å². The Labute approximate surface area is 117 Å². The molecule has 3 aromatic rings. The van der Waals surface area contributed by atoms with Crippen molar-refractivity contribution in [1.29, 1.82) is 0 Å². The molecule has 2 aromatic heterocycles. The number of halogens is 1. The number of furan rings is 1. The van der Waals surface area contributed by atoms with Gasteiger partial charge in [-0.05, 0) is 30.4 Å². The molecular weight excluding hydrogens is 277 g/mol. The maximum atomic E-state index is 13.1. The molecule has 0 saturated carbocycles. The van der Waals surface area contributed by atoms with Gasteiger partial charge in [-0.1, -0.05) is 0 Å². The Balaban J connectivity index is 1.89. The van der Waals surface area contributed by atoms with Crippen molar-refractivity contribution in [1.82, 2.24) is 9.97 Å². The second-order valence-corrected chi connectivity index (χ2v) is 4.20. The number of rotatable bonds is 3. The first-order valence-electron chi connectivity index (χ1n) is 5.96. The highest BCUT2D eigenvalue weighted by Gasteiger charge is 2.09. The van der Waals surface area contributed by atoms with Gasteiger partial charge in [0.15, 0.2) is 5.82 Å². The standard InChI is InChI=1S/C14H8FN3O3/c15-10-2-1-9-8-16-13(17-12(9)7-10)5-3-11-4-6-14(21-11)18(19)20/h1-8H/b5-3+. The van der Waals surface area contributed by atoms with E-state index in [2.05, 4.69) is 9.97 Å². The van der Waals surface area contributed by atoms with Crippen LogP contribution in [-0.4, -0.2) is 14.9 Å². The average Bonchev–Trinajstić information content (AvgIpc) is 2.93. The molecule has 0 saturated heterocycles. The second-order valence-electron chi connectivity index (χ2n) is 4.20. The van der Waals surface area contributed by atoms with Gasteiger partial charge in [0, 0.05) is 17.6 Å². The van der Waals surface area contributed by atoms with E-state index in [0.717, 1.165) is 5.39 Å². The van der Waals surface area contributed by atoms with Crippen LogP contribution >= 0.6 is 0 Å². The van der Waals surface area contributed by atoms with Crippen molar-refractivity contribution in [2.24, 2.45) is 0 Å². The van der Waals surface area contributed by atoms with Gasteiger partial charge in [0.05, 0.1) is 11.6 Å². The lowest BCUT2D eigenvalue weighted by atomic mass is 10.2. The number of fused-ring (bicyclic) bond motifs is 1. The van der Waals surface area contributed by atoms with Gasteiger partial charge >= 0.3 is 5.88 Å². The largest absolute Gasteiger partial charge is 0.433 e. The van der Waals surface area contributed by atoms with E-state index in [1.807, 2.05) is 0 Å². The van der Waals surface area contributed by atoms with Crippen molar-refractivity contribution < 1.29 is 13.7 Å². The van der Waals surface area contributed by atoms with Gasteiger partial charge in [-0.15, -0.1) is 0 Å². The fourth-order valence-corrected chi connectivity index (χ4v) is 1.78. The van der Waals surface area contributed by atoms with Crippen LogP contribution in [0.3, 0.4) is 0 Å². The van der Waals surface area contributed by atoms with E-state index < -0.39 is 4.92 Å². The normalized spacial score (nSPS) is 11.3. The minimum absolute atomic E-state index is 0.310. The van der Waals surface area contributed by atoms with Crippen LogP contribution in [0.25, 0.3) is 23.1 Å². The monoisotopic (exact) mass is 285 g/mol. The summed E-state index contributed by atoms with van der Waals surface area (Å²) in [6.07, 6.45) is 4.62. The molecule has 0 radical (unpaired) electrons. The summed E-state index contributed by atoms with van der Waals surface area (Å²) in [6, 6.07) is 6.97. The van der Waals surface area contributed by atoms with Crippen LogP contribution in [0.1, 0.15) is 11.6 Å². The number of hydrogen-bond donors (Lipinski definition) is 0. The van der Waals surface area contributed by atoms with Crippen LogP contribution in [0.2, 0.25) is 0 Å². The van der Waals surface area contributed by atoms with Gasteiger partial charge in [-0.2, -0.15) is 0 Å². The van der Waals surface area contributed by atoms with Crippen molar-refractivity contribution in [3.63, 3.8) is 0 Å². The van der Waals surface area contributed by atoms with Crippen molar-refractivity contribution in [2.45, 2.75) is 0 Å². The molecule has 0 N–H and O–H groups in total. The van der Waals surface area contributed by atoms with Crippen molar-refractivity contribution in [2.75, 3.05) is 0 Å². The minimum Gasteiger partial charge on any atom is -0.401 e. The van der Waals surface area contributed by atoms with E-state index >= 15 is 0 Å². The van der Waals surface area contributed by atoms with E-state index in [4.69, 9.17) is 4.42 Å². The molecule has 6 nitrogen and oxygen atoms in total. The highest BCUT2D eigenvalue weighted by molar-refractivity contribution is 5.79. The van der Waals surface area contributed by atoms with E-state index in [0.29, 0.717) is 17.1 Å². The zero-order chi connectivity index (χ0) is 14.8. The first-order valence-corrected chi connectivity index (χ1v) is 5.96. The fraction of sp³-hybridized carbons (Fsp3) is 0. The molecule has 0 bridgehead atoms. The van der Waals surface area contributed by atoms with Crippen molar-refractivity contribution >= 4 is 28.9 Å². The molecule has 3 rings (SSSR count). The zero-order valence-electron chi connectivity index (χ0n) is 10.6. The molecule has 0 aliphatic rings. The van der Waals surface area contributed by atoms with Crippen LogP contribution in [0.5, 0.6) is 0 Å². The SMILES string of the molecule is O=[N+]([O-])c1ccc(/C=C/c2ncc3ccc(F)cc3n2)o1. The third-order valence-electron chi connectivity index (χ3n) is 2.75. The molecular formula is C14H8FN3O3. The molecule has 0 aliphatic carbocycles. The number of nitrogens with zero attached hydrogens (tertiary/aromatic N) is 3. The Morgan fingerprint density at radius 3 is 2.86 bits per heavy atom. The van der Waals surface area contributed by atoms with Gasteiger partial charge in [-0.25, -0.2) is 14.4 Å². The molecule has 2 heterocycles. The third kappa shape index (κ3) is 2.76. The third-order valence-corrected chi connectivity index (χ3v) is 2.75. The van der Waals surface area contributed by atoms with Crippen LogP contribution in [0.15, 0.2) is 40.9 Å². The number of hydrogen-bond acceptors (Lipinski definition) is 5. The summed E-state index contributed by atoms with van der Waals surface area (Å²) in [6.45, 7) is 0. The zero-order valence-corrected chi connectivity index (χ0v) is 10.6. The summed E-state index contributed by atoms with van der Waals surface area (Å²) >= 11 is 0. The predicted octanol–water partition coefficient (Wildman–Crippen LogP) is 3.44. The Kier molecular flexibility index (Phi) is 3.15. The van der Waals surface area contributed by atoms with E-state index in [1.54, 1.807) is 12.3 Å². The summed E-state index contributed by atoms with van der Waals surface area (Å²) < 4.78 is 18.1. The highest BCUT2D eigenvalue weighted by Crippen LogP contribution is 2.18. The number of aromatic nitrogens is 2. The molecule has 104 valence electrons. The number of nitro groups is 1. The maximum absolute atomic E-state index is 13.1. The van der Waals surface area contributed by atoms with Crippen LogP contribution in [0, 0.1) is 15.9 Å². The summed E-state index contributed by atoms with van der Waals surface area (Å²) in [5, 5.41) is 11.2. The molecule has 7 heteroatoms. The van der Waals surface area contributed by atoms with Crippen molar-refractivity contribution in [3.8, 4) is 0 Å². The maximum Gasteiger partial charge on any atom is 0.433 e. The highest BCUT2D eigenvalue weighted by atomic mass is 19.1. The molecule has 0 fully saturated rings. The number of benzene rings is 1. The molecule has 21 heavy (non-hydrogen) atoms. The molecule has 0 unspecified atom stereocenters. The van der Waals surface area contributed by atoms with Gasteiger partial charge in [0.2, 0.25) is 0 Å². The fourth-order valence-electron chi connectivity index (χ4n) is 1.78. The smallest absolute Gasteiger partial charge is 0.401 e. The first kappa shape index (κ1) is 12.9. The topological polar surface area (TPSA) is 82.1 Å². The Morgan fingerprint density at radius 1 is 1.24 bits per heavy atom. The van der Waals surface area contributed by atoms with Crippen molar-refractivity contribution in [3.05, 3.63) is 64.0 Å². The minimum atomic E-state index is -0.618. The second kappa shape index (κ2) is 5.12. The van der Waals surface area contributed by atoms with Crippen LogP contribution in [0.4, 0.5) is 10.3 Å². The molecule has 1 aromatic carbocycles. The predicted molar refractivity (Wildman–Crippen MR) is 73.8 cm³/mol. The lowest BCUT2D eigenvalue weighted by Gasteiger charge is -1.98. The van der Waals surface area contributed by atoms with Gasteiger partial charge in [0.1, 0.15) is 16.5 Å². The lowest BCUT2D eigenvalue weighted by Crippen LogP contribution is -1.88. The Morgan fingerprint density at radius 2 is 2.10 bits per heavy atom. The van der Waals surface area contributed by atoms with E-state index in [-0.39, 0.29) is 11.7 Å². The molecule has 0 spiro atoms. The molecule has 0 atom stereocenters. The first-order chi connectivity index (χ1) is 10.1. The molecule has 0 aliphatic heterocycles. The summed E-state index contributed by atoms with van der Waals surface area (Å²) in [7, 11) is 0. The van der Waals surface area contributed by atoms with Gasteiger partial charge in [0.25, 0.3) is 0 Å². The van der Waals surface area contributed by atoms with E-state index in [9.17, 15) is 14.5 Å². The van der Waals surface area contributed by atoms with Crippen LogP contribution in [-0.2, 0) is 0 Å². The summed E-state index contributed by atoms with van der Waals surface area (Å²) in [4.78, 5) is 18.2. The quantitative estimate of drug-likeness (QED) is 0.543.